The van der Waals surface area contributed by atoms with Crippen LogP contribution in [0.15, 0.2) is 52.6 Å². The first-order chi connectivity index (χ1) is 11.1. The number of nitrogens with zero attached hydrogens (tertiary/aromatic N) is 3. The molecule has 2 aliphatic rings. The number of carbonyl (C=O) groups excluding carboxylic acids is 1. The fourth-order valence-corrected chi connectivity index (χ4v) is 4.01. The molecule has 0 saturated carbocycles. The van der Waals surface area contributed by atoms with E-state index in [2.05, 4.69) is 9.98 Å². The van der Waals surface area contributed by atoms with Gasteiger partial charge in [0.2, 0.25) is 11.0 Å². The number of aliphatic imine (C=N–C) groups is 1. The molecular weight excluding hydrogens is 333 g/mol. The highest BCUT2D eigenvalue weighted by Gasteiger charge is 2.42. The van der Waals surface area contributed by atoms with Crippen LogP contribution in [0.1, 0.15) is 11.1 Å². The standard InChI is InChI=1S/C16H10FN3OS2/c17-10-5-3-9(4-6-10)8-20-15(21)13-12(19-16(20)22)11-2-1-7-18-14(11)23-13/h1-7,13H,8H2. The summed E-state index contributed by atoms with van der Waals surface area (Å²) < 4.78 is 13.0. The number of thioether (sulfide) groups is 1. The van der Waals surface area contributed by atoms with E-state index < -0.39 is 5.25 Å². The molecule has 0 fully saturated rings. The zero-order chi connectivity index (χ0) is 16.0. The third kappa shape index (κ3) is 2.46. The van der Waals surface area contributed by atoms with Gasteiger partial charge in [0, 0.05) is 11.8 Å². The number of aromatic nitrogens is 1. The SMILES string of the molecule is O=C1C2Sc3ncccc3C2=NC(=S)N1Cc1ccc(F)cc1. The molecule has 1 unspecified atom stereocenters. The molecule has 23 heavy (non-hydrogen) atoms. The van der Waals surface area contributed by atoms with Gasteiger partial charge in [-0.2, -0.15) is 0 Å². The Labute approximate surface area is 141 Å². The minimum Gasteiger partial charge on any atom is -0.282 e. The van der Waals surface area contributed by atoms with Crippen LogP contribution in [0.3, 0.4) is 0 Å². The summed E-state index contributed by atoms with van der Waals surface area (Å²) in [6.07, 6.45) is 1.70. The molecule has 0 spiro atoms. The Hall–Kier alpha value is -2.12. The van der Waals surface area contributed by atoms with Gasteiger partial charge in [0.25, 0.3) is 0 Å². The maximum atomic E-state index is 13.0. The third-order valence-corrected chi connectivity index (χ3v) is 5.24. The number of benzene rings is 1. The van der Waals surface area contributed by atoms with E-state index in [4.69, 9.17) is 12.2 Å². The van der Waals surface area contributed by atoms with Crippen LogP contribution in [-0.2, 0) is 11.3 Å². The Morgan fingerprint density at radius 2 is 2.04 bits per heavy atom. The number of carbonyl (C=O) groups is 1. The monoisotopic (exact) mass is 343 g/mol. The minimum absolute atomic E-state index is 0.104. The molecule has 2 aliphatic heterocycles. The second-order valence-corrected chi connectivity index (χ2v) is 6.64. The summed E-state index contributed by atoms with van der Waals surface area (Å²) in [5, 5.41) is 0.631. The quantitative estimate of drug-likeness (QED) is 0.787. The van der Waals surface area contributed by atoms with Crippen molar-refractivity contribution in [2.75, 3.05) is 0 Å². The highest BCUT2D eigenvalue weighted by molar-refractivity contribution is 8.02. The van der Waals surface area contributed by atoms with Gasteiger partial charge in [-0.1, -0.05) is 23.9 Å². The minimum atomic E-state index is -0.410. The lowest BCUT2D eigenvalue weighted by atomic mass is 10.1. The summed E-state index contributed by atoms with van der Waals surface area (Å²) in [5.41, 5.74) is 2.36. The van der Waals surface area contributed by atoms with Crippen molar-refractivity contribution in [1.82, 2.24) is 9.88 Å². The van der Waals surface area contributed by atoms with Crippen molar-refractivity contribution in [2.24, 2.45) is 4.99 Å². The van der Waals surface area contributed by atoms with Crippen LogP contribution in [0.2, 0.25) is 0 Å². The maximum Gasteiger partial charge on any atom is 0.248 e. The molecule has 0 bridgehead atoms. The zero-order valence-corrected chi connectivity index (χ0v) is 13.4. The lowest BCUT2D eigenvalue weighted by molar-refractivity contribution is -0.126. The summed E-state index contributed by atoms with van der Waals surface area (Å²) in [5.74, 6) is -0.415. The fraction of sp³-hybridized carbons (Fsp3) is 0.125. The lowest BCUT2D eigenvalue weighted by Gasteiger charge is -2.28. The lowest BCUT2D eigenvalue weighted by Crippen LogP contribution is -2.46. The van der Waals surface area contributed by atoms with Crippen LogP contribution >= 0.6 is 24.0 Å². The second kappa shape index (κ2) is 5.50. The van der Waals surface area contributed by atoms with Crippen LogP contribution < -0.4 is 0 Å². The molecule has 0 N–H and O–H groups in total. The fourth-order valence-electron chi connectivity index (χ4n) is 2.59. The largest absolute Gasteiger partial charge is 0.282 e. The van der Waals surface area contributed by atoms with Gasteiger partial charge >= 0.3 is 0 Å². The molecule has 4 rings (SSSR count). The second-order valence-electron chi connectivity index (χ2n) is 5.18. The molecule has 1 atom stereocenters. The van der Waals surface area contributed by atoms with E-state index in [0.29, 0.717) is 5.71 Å². The first-order valence-electron chi connectivity index (χ1n) is 6.94. The summed E-state index contributed by atoms with van der Waals surface area (Å²) >= 11 is 6.69. The Morgan fingerprint density at radius 1 is 1.26 bits per heavy atom. The van der Waals surface area contributed by atoms with Crippen molar-refractivity contribution in [1.29, 1.82) is 0 Å². The number of halogens is 1. The van der Waals surface area contributed by atoms with Crippen molar-refractivity contribution in [3.8, 4) is 0 Å². The molecular formula is C16H10FN3OS2. The molecule has 1 amide bonds. The number of rotatable bonds is 2. The van der Waals surface area contributed by atoms with E-state index in [1.165, 1.54) is 28.8 Å². The van der Waals surface area contributed by atoms with Crippen LogP contribution in [0, 0.1) is 5.82 Å². The predicted molar refractivity (Wildman–Crippen MR) is 90.0 cm³/mol. The van der Waals surface area contributed by atoms with Crippen molar-refractivity contribution in [2.45, 2.75) is 16.8 Å². The highest BCUT2D eigenvalue weighted by atomic mass is 32.2. The number of pyridine rings is 1. The Bertz CT molecular complexity index is 851. The van der Waals surface area contributed by atoms with Gasteiger partial charge in [0.1, 0.15) is 16.1 Å². The van der Waals surface area contributed by atoms with E-state index in [9.17, 15) is 9.18 Å². The van der Waals surface area contributed by atoms with E-state index in [1.807, 2.05) is 12.1 Å². The third-order valence-electron chi connectivity index (χ3n) is 3.72. The van der Waals surface area contributed by atoms with E-state index >= 15 is 0 Å². The summed E-state index contributed by atoms with van der Waals surface area (Å²) in [6, 6.07) is 9.74. The molecule has 4 nitrogen and oxygen atoms in total. The number of hydrogen-bond acceptors (Lipinski definition) is 4. The van der Waals surface area contributed by atoms with Crippen molar-refractivity contribution < 1.29 is 9.18 Å². The van der Waals surface area contributed by atoms with E-state index in [0.717, 1.165) is 16.2 Å². The Kier molecular flexibility index (Phi) is 3.46. The first-order valence-corrected chi connectivity index (χ1v) is 8.23. The molecule has 0 aliphatic carbocycles. The maximum absolute atomic E-state index is 13.0. The molecule has 2 aromatic rings. The zero-order valence-electron chi connectivity index (χ0n) is 11.8. The number of thiocarbonyl (C=S) groups is 1. The summed E-state index contributed by atoms with van der Waals surface area (Å²) in [6.45, 7) is 0.287. The van der Waals surface area contributed by atoms with Gasteiger partial charge < -0.3 is 0 Å². The normalized spacial score (nSPS) is 19.4. The first kappa shape index (κ1) is 14.5. The highest BCUT2D eigenvalue weighted by Crippen LogP contribution is 2.38. The van der Waals surface area contributed by atoms with Crippen molar-refractivity contribution >= 4 is 40.7 Å². The number of amides is 1. The predicted octanol–water partition coefficient (Wildman–Crippen LogP) is 2.81. The van der Waals surface area contributed by atoms with Crippen molar-refractivity contribution in [3.63, 3.8) is 0 Å². The van der Waals surface area contributed by atoms with Crippen LogP contribution in [0.25, 0.3) is 0 Å². The van der Waals surface area contributed by atoms with E-state index in [-0.39, 0.29) is 23.4 Å². The Balaban J connectivity index is 1.65. The molecule has 1 aromatic heterocycles. The molecule has 7 heteroatoms. The van der Waals surface area contributed by atoms with Gasteiger partial charge in [-0.3, -0.25) is 9.69 Å². The van der Waals surface area contributed by atoms with Gasteiger partial charge in [0.05, 0.1) is 12.3 Å². The molecule has 0 radical (unpaired) electrons. The van der Waals surface area contributed by atoms with Gasteiger partial charge in [-0.05, 0) is 42.0 Å². The summed E-state index contributed by atoms with van der Waals surface area (Å²) in [4.78, 5) is 23.0. The number of hydrogen-bond donors (Lipinski definition) is 0. The molecule has 1 aromatic carbocycles. The van der Waals surface area contributed by atoms with Crippen molar-refractivity contribution in [3.05, 3.63) is 59.5 Å². The molecule has 114 valence electrons. The van der Waals surface area contributed by atoms with Gasteiger partial charge in [-0.25, -0.2) is 14.4 Å². The average Bonchev–Trinajstić information content (AvgIpc) is 2.92. The van der Waals surface area contributed by atoms with Gasteiger partial charge in [-0.15, -0.1) is 0 Å². The smallest absolute Gasteiger partial charge is 0.248 e. The van der Waals surface area contributed by atoms with Crippen LogP contribution in [0.4, 0.5) is 4.39 Å². The molecule has 3 heterocycles. The van der Waals surface area contributed by atoms with E-state index in [1.54, 1.807) is 18.3 Å². The van der Waals surface area contributed by atoms with Crippen LogP contribution in [0.5, 0.6) is 0 Å². The topological polar surface area (TPSA) is 45.6 Å². The number of fused-ring (bicyclic) bond motifs is 3. The Morgan fingerprint density at radius 3 is 2.83 bits per heavy atom. The van der Waals surface area contributed by atoms with Crippen LogP contribution in [-0.4, -0.2) is 31.9 Å². The average molecular weight is 343 g/mol. The molecule has 0 saturated heterocycles. The summed E-state index contributed by atoms with van der Waals surface area (Å²) in [7, 11) is 0. The van der Waals surface area contributed by atoms with Gasteiger partial charge in [0.15, 0.2) is 0 Å².